The molecule has 1 saturated heterocycles. The fraction of sp³-hybridized carbons (Fsp3) is 0.440. The van der Waals surface area contributed by atoms with Crippen LogP contribution in [0, 0.1) is 13.8 Å². The molecule has 0 bridgehead atoms. The number of carbonyl (C=O) groups excluding carboxylic acids is 1. The molecule has 1 amide bonds. The van der Waals surface area contributed by atoms with E-state index in [0.717, 1.165) is 40.5 Å². The van der Waals surface area contributed by atoms with E-state index in [0.29, 0.717) is 22.6 Å². The van der Waals surface area contributed by atoms with E-state index in [1.807, 2.05) is 58.9 Å². The van der Waals surface area contributed by atoms with Gasteiger partial charge in [0, 0.05) is 24.3 Å². The number of amides is 1. The predicted octanol–water partition coefficient (Wildman–Crippen LogP) is 5.27. The van der Waals surface area contributed by atoms with E-state index in [1.54, 1.807) is 0 Å². The molecule has 2 atom stereocenters. The largest absolute Gasteiger partial charge is 0.490 e. The molecule has 6 nitrogen and oxygen atoms in total. The number of nitrogens with one attached hydrogen (secondary N) is 1. The lowest BCUT2D eigenvalue weighted by molar-refractivity contribution is -0.118. The molecule has 1 aliphatic rings. The van der Waals surface area contributed by atoms with Crippen LogP contribution >= 0.6 is 28.1 Å². The van der Waals surface area contributed by atoms with Crippen molar-refractivity contribution in [2.75, 3.05) is 31.6 Å². The maximum atomic E-state index is 12.5. The molecule has 1 aliphatic heterocycles. The van der Waals surface area contributed by atoms with E-state index in [-0.39, 0.29) is 24.7 Å². The number of morpholine rings is 1. The Labute approximate surface area is 209 Å². The van der Waals surface area contributed by atoms with Gasteiger partial charge in [0.1, 0.15) is 4.99 Å². The van der Waals surface area contributed by atoms with Crippen LogP contribution in [-0.2, 0) is 9.53 Å². The zero-order valence-electron chi connectivity index (χ0n) is 19.7. The number of carbonyl (C=O) groups is 1. The number of ether oxygens (including phenoxy) is 3. The second kappa shape index (κ2) is 11.3. The van der Waals surface area contributed by atoms with Crippen molar-refractivity contribution in [2.24, 2.45) is 0 Å². The highest BCUT2D eigenvalue weighted by Gasteiger charge is 2.26. The highest BCUT2D eigenvalue weighted by Crippen LogP contribution is 2.37. The van der Waals surface area contributed by atoms with Crippen molar-refractivity contribution < 1.29 is 19.0 Å². The number of benzene rings is 2. The first-order valence-corrected chi connectivity index (χ1v) is 12.3. The van der Waals surface area contributed by atoms with Gasteiger partial charge in [-0.15, -0.1) is 0 Å². The third-order valence-electron chi connectivity index (χ3n) is 5.12. The average Bonchev–Trinajstić information content (AvgIpc) is 2.71. The molecular weight excluding hydrogens is 504 g/mol. The quantitative estimate of drug-likeness (QED) is 0.488. The SMILES string of the molecule is CCOc1cc(C(=S)N2C[C@@H](C)O[C@H](C)C2)cc(Br)c1OCC(=O)Nc1cc(C)cc(C)c1. The zero-order chi connectivity index (χ0) is 24.1. The van der Waals surface area contributed by atoms with E-state index < -0.39 is 0 Å². The van der Waals surface area contributed by atoms with Crippen LogP contribution in [0.4, 0.5) is 5.69 Å². The van der Waals surface area contributed by atoms with Crippen molar-refractivity contribution >= 4 is 44.7 Å². The van der Waals surface area contributed by atoms with Gasteiger partial charge in [-0.3, -0.25) is 4.79 Å². The second-order valence-corrected chi connectivity index (χ2v) is 9.64. The van der Waals surface area contributed by atoms with E-state index in [4.69, 9.17) is 26.4 Å². The number of rotatable bonds is 7. The van der Waals surface area contributed by atoms with Gasteiger partial charge in [0.15, 0.2) is 18.1 Å². The fourth-order valence-electron chi connectivity index (χ4n) is 4.00. The van der Waals surface area contributed by atoms with E-state index in [9.17, 15) is 4.79 Å². The maximum absolute atomic E-state index is 12.5. The molecule has 0 unspecified atom stereocenters. The van der Waals surface area contributed by atoms with Crippen LogP contribution in [0.15, 0.2) is 34.8 Å². The number of hydrogen-bond acceptors (Lipinski definition) is 5. The molecular formula is C25H31BrN2O4S. The van der Waals surface area contributed by atoms with Crippen molar-refractivity contribution in [1.29, 1.82) is 0 Å². The zero-order valence-corrected chi connectivity index (χ0v) is 22.1. The Bertz CT molecular complexity index is 999. The van der Waals surface area contributed by atoms with Crippen LogP contribution in [0.2, 0.25) is 0 Å². The normalized spacial score (nSPS) is 18.1. The standard InChI is InChI=1S/C25H31BrN2O4S/c1-6-30-22-11-19(25(33)28-12-17(4)32-18(5)13-28)10-21(26)24(22)31-14-23(29)27-20-8-15(2)7-16(3)9-20/h7-11,17-18H,6,12-14H2,1-5H3,(H,27,29)/t17-,18-/m1/s1. The molecule has 1 heterocycles. The van der Waals surface area contributed by atoms with Crippen molar-refractivity contribution in [1.82, 2.24) is 4.90 Å². The van der Waals surface area contributed by atoms with Gasteiger partial charge < -0.3 is 24.4 Å². The number of hydrogen-bond donors (Lipinski definition) is 1. The first-order valence-electron chi connectivity index (χ1n) is 11.1. The fourth-order valence-corrected chi connectivity index (χ4v) is 4.83. The van der Waals surface area contributed by atoms with E-state index >= 15 is 0 Å². The van der Waals surface area contributed by atoms with Gasteiger partial charge in [0.2, 0.25) is 0 Å². The summed E-state index contributed by atoms with van der Waals surface area (Å²) in [6.45, 7) is 11.8. The Kier molecular flexibility index (Phi) is 8.73. The van der Waals surface area contributed by atoms with Crippen LogP contribution in [0.1, 0.15) is 37.5 Å². The Balaban J connectivity index is 1.74. The summed E-state index contributed by atoms with van der Waals surface area (Å²) in [5.41, 5.74) is 3.78. The minimum absolute atomic E-state index is 0.111. The summed E-state index contributed by atoms with van der Waals surface area (Å²) in [5, 5.41) is 2.89. The van der Waals surface area contributed by atoms with Crippen molar-refractivity contribution in [3.05, 3.63) is 51.5 Å². The molecule has 2 aromatic carbocycles. The van der Waals surface area contributed by atoms with Gasteiger partial charge >= 0.3 is 0 Å². The number of anilines is 1. The Hall–Kier alpha value is -2.16. The molecule has 0 aromatic heterocycles. The molecule has 0 aliphatic carbocycles. The molecule has 33 heavy (non-hydrogen) atoms. The van der Waals surface area contributed by atoms with Gasteiger partial charge in [0.25, 0.3) is 5.91 Å². The third-order valence-corrected chi connectivity index (χ3v) is 6.20. The lowest BCUT2D eigenvalue weighted by atomic mass is 10.1. The molecule has 3 rings (SSSR count). The van der Waals surface area contributed by atoms with Crippen LogP contribution in [0.5, 0.6) is 11.5 Å². The maximum Gasteiger partial charge on any atom is 0.262 e. The summed E-state index contributed by atoms with van der Waals surface area (Å²) in [5.74, 6) is 0.769. The Morgan fingerprint density at radius 3 is 2.36 bits per heavy atom. The molecule has 0 radical (unpaired) electrons. The highest BCUT2D eigenvalue weighted by atomic mass is 79.9. The summed E-state index contributed by atoms with van der Waals surface area (Å²) in [7, 11) is 0. The van der Waals surface area contributed by atoms with Gasteiger partial charge in [-0.2, -0.15) is 0 Å². The van der Waals surface area contributed by atoms with E-state index in [1.165, 1.54) is 0 Å². The number of thiocarbonyl (C=S) groups is 1. The lowest BCUT2D eigenvalue weighted by Gasteiger charge is -2.37. The topological polar surface area (TPSA) is 60.0 Å². The lowest BCUT2D eigenvalue weighted by Crippen LogP contribution is -2.47. The first kappa shape index (κ1) is 25.5. The summed E-state index contributed by atoms with van der Waals surface area (Å²) >= 11 is 9.36. The van der Waals surface area contributed by atoms with Gasteiger partial charge in [-0.1, -0.05) is 18.3 Å². The molecule has 0 spiro atoms. The Morgan fingerprint density at radius 2 is 1.76 bits per heavy atom. The average molecular weight is 536 g/mol. The summed E-state index contributed by atoms with van der Waals surface area (Å²) < 4.78 is 18.2. The smallest absolute Gasteiger partial charge is 0.262 e. The van der Waals surface area contributed by atoms with Crippen molar-refractivity contribution in [3.63, 3.8) is 0 Å². The molecule has 1 N–H and O–H groups in total. The number of nitrogens with zero attached hydrogens (tertiary/aromatic N) is 1. The van der Waals surface area contributed by atoms with Crippen molar-refractivity contribution in [2.45, 2.75) is 46.8 Å². The molecule has 178 valence electrons. The van der Waals surface area contributed by atoms with Gasteiger partial charge in [-0.25, -0.2) is 0 Å². The minimum Gasteiger partial charge on any atom is -0.490 e. The molecule has 2 aromatic rings. The number of aryl methyl sites for hydroxylation is 2. The summed E-state index contributed by atoms with van der Waals surface area (Å²) in [4.78, 5) is 15.4. The van der Waals surface area contributed by atoms with Crippen LogP contribution in [-0.4, -0.2) is 54.3 Å². The first-order chi connectivity index (χ1) is 15.7. The van der Waals surface area contributed by atoms with Crippen LogP contribution in [0.25, 0.3) is 0 Å². The van der Waals surface area contributed by atoms with Gasteiger partial charge in [-0.05, 0) is 85.9 Å². The molecule has 8 heteroatoms. The minimum atomic E-state index is -0.245. The highest BCUT2D eigenvalue weighted by molar-refractivity contribution is 9.10. The van der Waals surface area contributed by atoms with Crippen molar-refractivity contribution in [3.8, 4) is 11.5 Å². The summed E-state index contributed by atoms with van der Waals surface area (Å²) in [6, 6.07) is 9.69. The number of halogens is 1. The molecule has 1 fully saturated rings. The second-order valence-electron chi connectivity index (χ2n) is 8.40. The van der Waals surface area contributed by atoms with E-state index in [2.05, 4.69) is 32.2 Å². The third kappa shape index (κ3) is 6.91. The van der Waals surface area contributed by atoms with Crippen LogP contribution < -0.4 is 14.8 Å². The Morgan fingerprint density at radius 1 is 1.12 bits per heavy atom. The monoisotopic (exact) mass is 534 g/mol. The molecule has 0 saturated carbocycles. The van der Waals surface area contributed by atoms with Crippen LogP contribution in [0.3, 0.4) is 0 Å². The predicted molar refractivity (Wildman–Crippen MR) is 139 cm³/mol. The summed E-state index contributed by atoms with van der Waals surface area (Å²) in [6.07, 6.45) is 0.222. The van der Waals surface area contributed by atoms with Gasteiger partial charge in [0.05, 0.1) is 23.3 Å².